The number of imidazole rings is 1. The molecule has 34 heavy (non-hydrogen) atoms. The molecule has 9 heteroatoms. The van der Waals surface area contributed by atoms with Crippen LogP contribution < -0.4 is 0 Å². The molecular formula is C25H32F3N5O. The van der Waals surface area contributed by atoms with Crippen molar-refractivity contribution >= 4 is 23.2 Å². The molecule has 3 rings (SSSR count). The molecular weight excluding hydrogens is 443 g/mol. The van der Waals surface area contributed by atoms with Gasteiger partial charge in [0.25, 0.3) is 0 Å². The maximum Gasteiger partial charge on any atom is 0.471 e. The second kappa shape index (κ2) is 10.5. The van der Waals surface area contributed by atoms with Crippen molar-refractivity contribution in [3.05, 3.63) is 53.5 Å². The zero-order valence-electron chi connectivity index (χ0n) is 20.4. The number of halogens is 3. The van der Waals surface area contributed by atoms with Gasteiger partial charge in [0, 0.05) is 19.5 Å². The van der Waals surface area contributed by atoms with Crippen LogP contribution in [0, 0.1) is 5.41 Å². The first-order valence-electron chi connectivity index (χ1n) is 11.4. The Labute approximate surface area is 198 Å². The zero-order chi connectivity index (χ0) is 24.9. The van der Waals surface area contributed by atoms with Gasteiger partial charge in [0.2, 0.25) is 0 Å². The molecule has 0 fully saturated rings. The Morgan fingerprint density at radius 3 is 2.50 bits per heavy atom. The fraction of sp³-hybridized carbons (Fsp3) is 0.480. The van der Waals surface area contributed by atoms with Crippen molar-refractivity contribution in [3.63, 3.8) is 0 Å². The normalized spacial score (nSPS) is 13.3. The Hall–Kier alpha value is -2.94. The molecule has 0 N–H and O–H groups in total. The minimum absolute atomic E-state index is 0.0402. The zero-order valence-corrected chi connectivity index (χ0v) is 20.4. The summed E-state index contributed by atoms with van der Waals surface area (Å²) in [5.74, 6) is -0.466. The molecule has 0 saturated heterocycles. The standard InChI is InChI=1S/C25H32F3N5O/c1-6-7-8-9-10-22-29-19-15-18(12-14-21-30-23(34-31-21)25(26,27)28)11-13-20(19)33(22)17-24(2,3)16-32(4)5/h7-8,11-15H,6,9-10,16-17H2,1-5H3/b8-7-,14-12+. The van der Waals surface area contributed by atoms with Crippen LogP contribution in [0.5, 0.6) is 0 Å². The third kappa shape index (κ3) is 6.79. The van der Waals surface area contributed by atoms with Crippen LogP contribution in [-0.4, -0.2) is 45.2 Å². The number of rotatable bonds is 10. The van der Waals surface area contributed by atoms with Gasteiger partial charge < -0.3 is 14.0 Å². The minimum Gasteiger partial charge on any atom is -0.329 e. The van der Waals surface area contributed by atoms with Crippen LogP contribution in [0.1, 0.15) is 56.7 Å². The second-order valence-corrected chi connectivity index (χ2v) is 9.47. The van der Waals surface area contributed by atoms with Crippen molar-refractivity contribution in [2.75, 3.05) is 20.6 Å². The second-order valence-electron chi connectivity index (χ2n) is 9.47. The lowest BCUT2D eigenvalue weighted by molar-refractivity contribution is -0.159. The van der Waals surface area contributed by atoms with Crippen LogP contribution in [0.2, 0.25) is 0 Å². The van der Waals surface area contributed by atoms with Gasteiger partial charge in [-0.1, -0.05) is 50.2 Å². The van der Waals surface area contributed by atoms with Gasteiger partial charge in [-0.05, 0) is 56.1 Å². The number of fused-ring (bicyclic) bond motifs is 1. The lowest BCUT2D eigenvalue weighted by Crippen LogP contribution is -2.32. The van der Waals surface area contributed by atoms with Gasteiger partial charge in [0.1, 0.15) is 5.82 Å². The van der Waals surface area contributed by atoms with E-state index in [4.69, 9.17) is 4.98 Å². The molecule has 0 aliphatic heterocycles. The topological polar surface area (TPSA) is 60.0 Å². The van der Waals surface area contributed by atoms with E-state index < -0.39 is 12.1 Å². The highest BCUT2D eigenvalue weighted by molar-refractivity contribution is 5.81. The van der Waals surface area contributed by atoms with E-state index in [1.54, 1.807) is 6.08 Å². The van der Waals surface area contributed by atoms with E-state index in [-0.39, 0.29) is 11.2 Å². The maximum absolute atomic E-state index is 12.7. The van der Waals surface area contributed by atoms with Crippen molar-refractivity contribution in [2.24, 2.45) is 5.41 Å². The molecule has 0 amide bonds. The van der Waals surface area contributed by atoms with Gasteiger partial charge in [0.15, 0.2) is 5.82 Å². The summed E-state index contributed by atoms with van der Waals surface area (Å²) in [6, 6.07) is 5.86. The van der Waals surface area contributed by atoms with Crippen molar-refractivity contribution < 1.29 is 17.7 Å². The first-order chi connectivity index (χ1) is 16.0. The summed E-state index contributed by atoms with van der Waals surface area (Å²) in [7, 11) is 4.15. The van der Waals surface area contributed by atoms with Crippen LogP contribution in [0.4, 0.5) is 13.2 Å². The van der Waals surface area contributed by atoms with Crippen LogP contribution in [0.25, 0.3) is 23.2 Å². The Bertz CT molecular complexity index is 1160. The Morgan fingerprint density at radius 2 is 1.85 bits per heavy atom. The molecule has 2 heterocycles. The Morgan fingerprint density at radius 1 is 1.09 bits per heavy atom. The van der Waals surface area contributed by atoms with Gasteiger partial charge in [-0.25, -0.2) is 4.98 Å². The van der Waals surface area contributed by atoms with Gasteiger partial charge in [-0.3, -0.25) is 0 Å². The predicted molar refractivity (Wildman–Crippen MR) is 128 cm³/mol. The molecule has 2 aromatic heterocycles. The average Bonchev–Trinajstić information content (AvgIpc) is 3.33. The monoisotopic (exact) mass is 475 g/mol. The van der Waals surface area contributed by atoms with E-state index in [1.807, 2.05) is 18.2 Å². The van der Waals surface area contributed by atoms with E-state index in [0.29, 0.717) is 0 Å². The number of aryl methyl sites for hydroxylation is 1. The van der Waals surface area contributed by atoms with E-state index in [9.17, 15) is 13.2 Å². The summed E-state index contributed by atoms with van der Waals surface area (Å²) in [6.45, 7) is 8.37. The van der Waals surface area contributed by atoms with Gasteiger partial charge in [-0.2, -0.15) is 18.2 Å². The molecule has 0 aliphatic carbocycles. The van der Waals surface area contributed by atoms with Crippen LogP contribution in [0.3, 0.4) is 0 Å². The van der Waals surface area contributed by atoms with Crippen molar-refractivity contribution in [1.29, 1.82) is 0 Å². The largest absolute Gasteiger partial charge is 0.471 e. The number of alkyl halides is 3. The molecule has 0 atom stereocenters. The van der Waals surface area contributed by atoms with E-state index in [0.717, 1.165) is 54.8 Å². The molecule has 184 valence electrons. The van der Waals surface area contributed by atoms with Crippen molar-refractivity contribution in [2.45, 2.75) is 52.8 Å². The number of hydrogen-bond donors (Lipinski definition) is 0. The highest BCUT2D eigenvalue weighted by atomic mass is 19.4. The summed E-state index contributed by atoms with van der Waals surface area (Å²) in [5, 5.41) is 3.37. The Kier molecular flexibility index (Phi) is 7.97. The molecule has 0 unspecified atom stereocenters. The lowest BCUT2D eigenvalue weighted by atomic mass is 9.92. The smallest absolute Gasteiger partial charge is 0.329 e. The summed E-state index contributed by atoms with van der Waals surface area (Å²) in [6.07, 6.45) is 5.49. The molecule has 0 aliphatic rings. The minimum atomic E-state index is -4.66. The third-order valence-electron chi connectivity index (χ3n) is 5.23. The summed E-state index contributed by atoms with van der Waals surface area (Å²) in [4.78, 5) is 10.5. The quantitative estimate of drug-likeness (QED) is 0.332. The fourth-order valence-corrected chi connectivity index (χ4v) is 4.09. The highest BCUT2D eigenvalue weighted by Crippen LogP contribution is 2.28. The molecule has 1 aromatic carbocycles. The average molecular weight is 476 g/mol. The highest BCUT2D eigenvalue weighted by Gasteiger charge is 2.38. The molecule has 6 nitrogen and oxygen atoms in total. The first kappa shape index (κ1) is 25.7. The van der Waals surface area contributed by atoms with Gasteiger partial charge in [0.05, 0.1) is 11.0 Å². The summed E-state index contributed by atoms with van der Waals surface area (Å²) < 4.78 is 44.5. The summed E-state index contributed by atoms with van der Waals surface area (Å²) >= 11 is 0. The molecule has 0 radical (unpaired) electrons. The summed E-state index contributed by atoms with van der Waals surface area (Å²) in [5.41, 5.74) is 2.72. The number of nitrogens with zero attached hydrogens (tertiary/aromatic N) is 5. The molecule has 0 spiro atoms. The molecule has 0 bridgehead atoms. The third-order valence-corrected chi connectivity index (χ3v) is 5.23. The number of aromatic nitrogens is 4. The predicted octanol–water partition coefficient (Wildman–Crippen LogP) is 6.10. The Balaban J connectivity index is 1.90. The number of benzene rings is 1. The molecule has 3 aromatic rings. The van der Waals surface area contributed by atoms with Crippen molar-refractivity contribution in [1.82, 2.24) is 24.6 Å². The molecule has 0 saturated carbocycles. The maximum atomic E-state index is 12.7. The SMILES string of the molecule is CC/C=C\CCc1nc2cc(/C=C/c3noc(C(F)(F)F)n3)ccc2n1CC(C)(C)CN(C)C. The van der Waals surface area contributed by atoms with Gasteiger partial charge in [-0.15, -0.1) is 0 Å². The number of hydrogen-bond acceptors (Lipinski definition) is 5. The van der Waals surface area contributed by atoms with E-state index in [1.165, 1.54) is 6.08 Å². The van der Waals surface area contributed by atoms with Crippen LogP contribution in [-0.2, 0) is 19.1 Å². The lowest BCUT2D eigenvalue weighted by Gasteiger charge is -2.29. The van der Waals surface area contributed by atoms with Gasteiger partial charge >= 0.3 is 12.1 Å². The van der Waals surface area contributed by atoms with Crippen LogP contribution >= 0.6 is 0 Å². The van der Waals surface area contributed by atoms with E-state index >= 15 is 0 Å². The number of allylic oxidation sites excluding steroid dienone is 2. The van der Waals surface area contributed by atoms with Crippen LogP contribution in [0.15, 0.2) is 34.9 Å². The first-order valence-corrected chi connectivity index (χ1v) is 11.4. The van der Waals surface area contributed by atoms with Crippen molar-refractivity contribution in [3.8, 4) is 0 Å². The van der Waals surface area contributed by atoms with E-state index in [2.05, 4.69) is 71.1 Å². The fourth-order valence-electron chi connectivity index (χ4n) is 4.09.